The van der Waals surface area contributed by atoms with Gasteiger partial charge in [-0.2, -0.15) is 13.2 Å². The molecule has 0 N–H and O–H groups in total. The molecule has 0 aliphatic rings. The molecular formula is C13H6Cl2F3NO2. The Morgan fingerprint density at radius 1 is 1.05 bits per heavy atom. The average Bonchev–Trinajstić information content (AvgIpc) is 2.37. The van der Waals surface area contributed by atoms with Crippen molar-refractivity contribution >= 4 is 28.9 Å². The summed E-state index contributed by atoms with van der Waals surface area (Å²) in [7, 11) is 0. The van der Waals surface area contributed by atoms with Gasteiger partial charge in [0, 0.05) is 27.7 Å². The molecule has 0 saturated heterocycles. The fourth-order valence-corrected chi connectivity index (χ4v) is 2.45. The monoisotopic (exact) mass is 335 g/mol. The van der Waals surface area contributed by atoms with Gasteiger partial charge in [0.15, 0.2) is 0 Å². The van der Waals surface area contributed by atoms with E-state index in [2.05, 4.69) is 0 Å². The molecule has 0 saturated carbocycles. The van der Waals surface area contributed by atoms with Crippen molar-refractivity contribution in [3.63, 3.8) is 0 Å². The predicted octanol–water partition coefficient (Wildman–Crippen LogP) is 5.59. The SMILES string of the molecule is O=[N+]([O-])c1ccc(-c2c(Cl)cccc2Cl)c(C(F)(F)F)c1. The van der Waals surface area contributed by atoms with E-state index in [0.29, 0.717) is 6.07 Å². The second-order valence-electron chi connectivity index (χ2n) is 4.08. The number of nitro groups is 1. The van der Waals surface area contributed by atoms with Crippen LogP contribution in [0.5, 0.6) is 0 Å². The fourth-order valence-electron chi connectivity index (χ4n) is 1.85. The molecule has 0 bridgehead atoms. The van der Waals surface area contributed by atoms with Crippen molar-refractivity contribution in [1.82, 2.24) is 0 Å². The molecule has 0 atom stereocenters. The van der Waals surface area contributed by atoms with Gasteiger partial charge in [-0.15, -0.1) is 0 Å². The van der Waals surface area contributed by atoms with Gasteiger partial charge in [-0.25, -0.2) is 0 Å². The zero-order valence-corrected chi connectivity index (χ0v) is 11.6. The number of nitrogens with zero attached hydrogens (tertiary/aromatic N) is 1. The number of hydrogen-bond donors (Lipinski definition) is 0. The normalized spacial score (nSPS) is 11.5. The Morgan fingerprint density at radius 2 is 1.62 bits per heavy atom. The van der Waals surface area contributed by atoms with E-state index in [0.717, 1.165) is 12.1 Å². The highest BCUT2D eigenvalue weighted by molar-refractivity contribution is 6.39. The van der Waals surface area contributed by atoms with Crippen LogP contribution in [0.3, 0.4) is 0 Å². The number of rotatable bonds is 2. The molecule has 0 aliphatic heterocycles. The number of alkyl halides is 3. The van der Waals surface area contributed by atoms with Gasteiger partial charge in [0.2, 0.25) is 0 Å². The van der Waals surface area contributed by atoms with E-state index in [-0.39, 0.29) is 21.2 Å². The smallest absolute Gasteiger partial charge is 0.258 e. The molecule has 2 rings (SSSR count). The summed E-state index contributed by atoms with van der Waals surface area (Å²) in [6, 6.07) is 6.72. The first kappa shape index (κ1) is 15.6. The summed E-state index contributed by atoms with van der Waals surface area (Å²) < 4.78 is 39.4. The largest absolute Gasteiger partial charge is 0.417 e. The predicted molar refractivity (Wildman–Crippen MR) is 73.6 cm³/mol. The molecule has 0 unspecified atom stereocenters. The molecule has 110 valence electrons. The van der Waals surface area contributed by atoms with Crippen molar-refractivity contribution in [1.29, 1.82) is 0 Å². The van der Waals surface area contributed by atoms with Crippen LogP contribution in [0.4, 0.5) is 18.9 Å². The zero-order valence-electron chi connectivity index (χ0n) is 10.1. The Bertz CT molecular complexity index is 697. The van der Waals surface area contributed by atoms with Gasteiger partial charge in [0.1, 0.15) is 0 Å². The highest BCUT2D eigenvalue weighted by Gasteiger charge is 2.36. The highest BCUT2D eigenvalue weighted by atomic mass is 35.5. The van der Waals surface area contributed by atoms with Crippen molar-refractivity contribution in [2.24, 2.45) is 0 Å². The topological polar surface area (TPSA) is 43.1 Å². The molecule has 2 aromatic carbocycles. The summed E-state index contributed by atoms with van der Waals surface area (Å²) in [6.07, 6.45) is -4.77. The lowest BCUT2D eigenvalue weighted by molar-refractivity contribution is -0.385. The van der Waals surface area contributed by atoms with Crippen LogP contribution in [0.15, 0.2) is 36.4 Å². The molecule has 0 aliphatic carbocycles. The van der Waals surface area contributed by atoms with Gasteiger partial charge in [-0.3, -0.25) is 10.1 Å². The minimum absolute atomic E-state index is 0.0111. The molecule has 8 heteroatoms. The Hall–Kier alpha value is -1.79. The lowest BCUT2D eigenvalue weighted by atomic mass is 9.98. The maximum Gasteiger partial charge on any atom is 0.417 e. The summed E-state index contributed by atoms with van der Waals surface area (Å²) >= 11 is 11.8. The third-order valence-corrected chi connectivity index (χ3v) is 3.38. The molecule has 0 aromatic heterocycles. The number of non-ortho nitro benzene ring substituents is 1. The van der Waals surface area contributed by atoms with E-state index >= 15 is 0 Å². The molecular weight excluding hydrogens is 330 g/mol. The van der Waals surface area contributed by atoms with E-state index in [4.69, 9.17) is 23.2 Å². The Kier molecular flexibility index (Phi) is 4.11. The fraction of sp³-hybridized carbons (Fsp3) is 0.0769. The highest BCUT2D eigenvalue weighted by Crippen LogP contribution is 2.43. The van der Waals surface area contributed by atoms with Gasteiger partial charge in [-0.05, 0) is 23.8 Å². The van der Waals surface area contributed by atoms with Crippen molar-refractivity contribution in [3.05, 3.63) is 62.1 Å². The molecule has 0 heterocycles. The van der Waals surface area contributed by atoms with Crippen LogP contribution in [-0.2, 0) is 6.18 Å². The van der Waals surface area contributed by atoms with Crippen molar-refractivity contribution in [2.45, 2.75) is 6.18 Å². The van der Waals surface area contributed by atoms with Crippen LogP contribution < -0.4 is 0 Å². The Morgan fingerprint density at radius 3 is 2.10 bits per heavy atom. The standard InChI is InChI=1S/C13H6Cl2F3NO2/c14-10-2-1-3-11(15)12(10)8-5-4-7(19(20)21)6-9(8)13(16,17)18/h1-6H. The van der Waals surface area contributed by atoms with Gasteiger partial charge in [0.25, 0.3) is 5.69 Å². The molecule has 0 amide bonds. The summed E-state index contributed by atoms with van der Waals surface area (Å²) in [6.45, 7) is 0. The molecule has 0 spiro atoms. The van der Waals surface area contributed by atoms with E-state index < -0.39 is 22.4 Å². The third-order valence-electron chi connectivity index (χ3n) is 2.75. The number of nitro benzene ring substituents is 1. The Balaban J connectivity index is 2.78. The number of hydrogen-bond acceptors (Lipinski definition) is 2. The quantitative estimate of drug-likeness (QED) is 0.530. The molecule has 2 aromatic rings. The van der Waals surface area contributed by atoms with Crippen LogP contribution in [-0.4, -0.2) is 4.92 Å². The third kappa shape index (κ3) is 3.11. The van der Waals surface area contributed by atoms with Crippen molar-refractivity contribution in [3.8, 4) is 11.1 Å². The minimum Gasteiger partial charge on any atom is -0.258 e. The van der Waals surface area contributed by atoms with Gasteiger partial charge < -0.3 is 0 Å². The van der Waals surface area contributed by atoms with E-state index in [1.54, 1.807) is 0 Å². The first-order valence-corrected chi connectivity index (χ1v) is 6.27. The van der Waals surface area contributed by atoms with Crippen LogP contribution in [0.25, 0.3) is 11.1 Å². The molecule has 3 nitrogen and oxygen atoms in total. The lowest BCUT2D eigenvalue weighted by Crippen LogP contribution is -2.08. The van der Waals surface area contributed by atoms with Gasteiger partial charge in [-0.1, -0.05) is 29.3 Å². The molecule has 21 heavy (non-hydrogen) atoms. The summed E-state index contributed by atoms with van der Waals surface area (Å²) in [5, 5.41) is 10.7. The van der Waals surface area contributed by atoms with E-state index in [9.17, 15) is 23.3 Å². The maximum absolute atomic E-state index is 13.1. The average molecular weight is 336 g/mol. The zero-order chi connectivity index (χ0) is 15.8. The van der Waals surface area contributed by atoms with Gasteiger partial charge in [0.05, 0.1) is 10.5 Å². The second kappa shape index (κ2) is 5.54. The number of halogens is 5. The summed E-state index contributed by atoms with van der Waals surface area (Å²) in [5.74, 6) is 0. The first-order chi connectivity index (χ1) is 9.71. The van der Waals surface area contributed by atoms with Crippen LogP contribution in [0.1, 0.15) is 5.56 Å². The first-order valence-electron chi connectivity index (χ1n) is 5.52. The minimum atomic E-state index is -4.77. The lowest BCUT2D eigenvalue weighted by Gasteiger charge is -2.15. The van der Waals surface area contributed by atoms with Crippen molar-refractivity contribution < 1.29 is 18.1 Å². The summed E-state index contributed by atoms with van der Waals surface area (Å²) in [4.78, 5) is 9.75. The molecule has 0 radical (unpaired) electrons. The van der Waals surface area contributed by atoms with Crippen LogP contribution >= 0.6 is 23.2 Å². The van der Waals surface area contributed by atoms with Gasteiger partial charge >= 0.3 is 6.18 Å². The van der Waals surface area contributed by atoms with Crippen LogP contribution in [0.2, 0.25) is 10.0 Å². The second-order valence-corrected chi connectivity index (χ2v) is 4.90. The van der Waals surface area contributed by atoms with Crippen molar-refractivity contribution in [2.75, 3.05) is 0 Å². The van der Waals surface area contributed by atoms with E-state index in [1.165, 1.54) is 18.2 Å². The molecule has 0 fully saturated rings. The maximum atomic E-state index is 13.1. The number of benzene rings is 2. The summed E-state index contributed by atoms with van der Waals surface area (Å²) in [5.41, 5.74) is -2.13. The Labute approximate surface area is 127 Å². The van der Waals surface area contributed by atoms with E-state index in [1.807, 2.05) is 0 Å². The van der Waals surface area contributed by atoms with Crippen LogP contribution in [0, 0.1) is 10.1 Å².